The minimum Gasteiger partial charge on any atom is -0.395 e. The van der Waals surface area contributed by atoms with Crippen LogP contribution < -0.4 is 0 Å². The van der Waals surface area contributed by atoms with Crippen LogP contribution in [0.2, 0.25) is 0 Å². The van der Waals surface area contributed by atoms with E-state index in [1.807, 2.05) is 6.92 Å². The molecule has 0 aliphatic carbocycles. The van der Waals surface area contributed by atoms with Crippen molar-refractivity contribution >= 4 is 5.91 Å². The van der Waals surface area contributed by atoms with Crippen LogP contribution in [0.15, 0.2) is 0 Å². The van der Waals surface area contributed by atoms with Crippen LogP contribution in [0, 0.1) is 0 Å². The first kappa shape index (κ1) is 12.5. The van der Waals surface area contributed by atoms with Crippen molar-refractivity contribution in [1.82, 2.24) is 9.80 Å². The van der Waals surface area contributed by atoms with Gasteiger partial charge in [0.2, 0.25) is 5.91 Å². The molecule has 0 aromatic heterocycles. The van der Waals surface area contributed by atoms with Crippen molar-refractivity contribution in [2.24, 2.45) is 0 Å². The van der Waals surface area contributed by atoms with Crippen molar-refractivity contribution in [1.29, 1.82) is 0 Å². The van der Waals surface area contributed by atoms with Crippen molar-refractivity contribution in [3.63, 3.8) is 0 Å². The SMILES string of the molecule is CC(=O)N(CCO)C(C)N1CCCCC1. The second-order valence-electron chi connectivity index (χ2n) is 4.16. The van der Waals surface area contributed by atoms with Gasteiger partial charge in [0.1, 0.15) is 0 Å². The zero-order valence-corrected chi connectivity index (χ0v) is 9.78. The fraction of sp³-hybridized carbons (Fsp3) is 0.909. The average molecular weight is 214 g/mol. The lowest BCUT2D eigenvalue weighted by molar-refractivity contribution is -0.135. The Balaban J connectivity index is 2.53. The number of hydrogen-bond acceptors (Lipinski definition) is 3. The zero-order chi connectivity index (χ0) is 11.3. The van der Waals surface area contributed by atoms with E-state index in [-0.39, 0.29) is 18.7 Å². The van der Waals surface area contributed by atoms with Crippen molar-refractivity contribution < 1.29 is 9.90 Å². The molecule has 0 bridgehead atoms. The maximum Gasteiger partial charge on any atom is 0.220 e. The quantitative estimate of drug-likeness (QED) is 0.747. The van der Waals surface area contributed by atoms with Crippen LogP contribution in [0.3, 0.4) is 0 Å². The summed E-state index contributed by atoms with van der Waals surface area (Å²) in [5.41, 5.74) is 0. The highest BCUT2D eigenvalue weighted by Crippen LogP contribution is 2.14. The Morgan fingerprint density at radius 1 is 1.40 bits per heavy atom. The van der Waals surface area contributed by atoms with Crippen LogP contribution in [0.1, 0.15) is 33.1 Å². The number of carbonyl (C=O) groups excluding carboxylic acids is 1. The zero-order valence-electron chi connectivity index (χ0n) is 9.78. The summed E-state index contributed by atoms with van der Waals surface area (Å²) < 4.78 is 0. The van der Waals surface area contributed by atoms with E-state index in [0.29, 0.717) is 6.54 Å². The number of piperidine rings is 1. The normalized spacial score (nSPS) is 19.9. The van der Waals surface area contributed by atoms with E-state index >= 15 is 0 Å². The molecular weight excluding hydrogens is 192 g/mol. The lowest BCUT2D eigenvalue weighted by Gasteiger charge is -2.38. The van der Waals surface area contributed by atoms with E-state index < -0.39 is 0 Å². The van der Waals surface area contributed by atoms with E-state index in [1.165, 1.54) is 19.3 Å². The summed E-state index contributed by atoms with van der Waals surface area (Å²) in [7, 11) is 0. The van der Waals surface area contributed by atoms with Crippen molar-refractivity contribution in [3.05, 3.63) is 0 Å². The second-order valence-corrected chi connectivity index (χ2v) is 4.16. The van der Waals surface area contributed by atoms with E-state index in [1.54, 1.807) is 11.8 Å². The summed E-state index contributed by atoms with van der Waals surface area (Å²) in [6, 6.07) is 0. The molecule has 1 aliphatic heterocycles. The molecule has 4 heteroatoms. The van der Waals surface area contributed by atoms with Crippen molar-refractivity contribution in [3.8, 4) is 0 Å². The van der Waals surface area contributed by atoms with Gasteiger partial charge in [0.05, 0.1) is 12.8 Å². The molecule has 1 N–H and O–H groups in total. The molecular formula is C11H22N2O2. The van der Waals surface area contributed by atoms with Gasteiger partial charge < -0.3 is 10.0 Å². The van der Waals surface area contributed by atoms with Gasteiger partial charge in [-0.1, -0.05) is 6.42 Å². The van der Waals surface area contributed by atoms with Gasteiger partial charge in [0.25, 0.3) is 0 Å². The molecule has 4 nitrogen and oxygen atoms in total. The van der Waals surface area contributed by atoms with Gasteiger partial charge in [0, 0.05) is 26.6 Å². The Kier molecular flexibility index (Phi) is 5.05. The van der Waals surface area contributed by atoms with Gasteiger partial charge in [0.15, 0.2) is 0 Å². The Morgan fingerprint density at radius 3 is 2.47 bits per heavy atom. The van der Waals surface area contributed by atoms with Crippen LogP contribution in [0.4, 0.5) is 0 Å². The lowest BCUT2D eigenvalue weighted by atomic mass is 10.1. The number of nitrogens with zero attached hydrogens (tertiary/aromatic N) is 2. The molecule has 1 unspecified atom stereocenters. The molecule has 1 aliphatic rings. The third-order valence-corrected chi connectivity index (χ3v) is 3.12. The fourth-order valence-electron chi connectivity index (χ4n) is 2.20. The predicted octanol–water partition coefficient (Wildman–Crippen LogP) is 0.659. The topological polar surface area (TPSA) is 43.8 Å². The van der Waals surface area contributed by atoms with Crippen molar-refractivity contribution in [2.75, 3.05) is 26.2 Å². The van der Waals surface area contributed by atoms with Crippen molar-refractivity contribution in [2.45, 2.75) is 39.3 Å². The molecule has 0 aromatic rings. The highest BCUT2D eigenvalue weighted by Gasteiger charge is 2.23. The predicted molar refractivity (Wildman–Crippen MR) is 59.4 cm³/mol. The van der Waals surface area contributed by atoms with Crippen LogP contribution in [0.5, 0.6) is 0 Å². The second kappa shape index (κ2) is 6.08. The summed E-state index contributed by atoms with van der Waals surface area (Å²) in [5, 5.41) is 8.92. The van der Waals surface area contributed by atoms with Crippen LogP contribution in [0.25, 0.3) is 0 Å². The first-order chi connectivity index (χ1) is 7.16. The van der Waals surface area contributed by atoms with E-state index in [2.05, 4.69) is 4.90 Å². The Morgan fingerprint density at radius 2 is 2.00 bits per heavy atom. The van der Waals surface area contributed by atoms with E-state index in [9.17, 15) is 4.79 Å². The Labute approximate surface area is 91.9 Å². The number of likely N-dealkylation sites (tertiary alicyclic amines) is 1. The molecule has 1 heterocycles. The highest BCUT2D eigenvalue weighted by atomic mass is 16.3. The molecule has 15 heavy (non-hydrogen) atoms. The number of aliphatic hydroxyl groups excluding tert-OH is 1. The van der Waals surface area contributed by atoms with Gasteiger partial charge in [-0.3, -0.25) is 9.69 Å². The fourth-order valence-corrected chi connectivity index (χ4v) is 2.20. The van der Waals surface area contributed by atoms with Crippen LogP contribution >= 0.6 is 0 Å². The summed E-state index contributed by atoms with van der Waals surface area (Å²) in [4.78, 5) is 15.5. The summed E-state index contributed by atoms with van der Waals surface area (Å²) >= 11 is 0. The third kappa shape index (κ3) is 3.47. The summed E-state index contributed by atoms with van der Waals surface area (Å²) in [6.45, 7) is 6.22. The maximum absolute atomic E-state index is 11.4. The molecule has 0 saturated carbocycles. The summed E-state index contributed by atoms with van der Waals surface area (Å²) in [6.07, 6.45) is 3.85. The number of hydrogen-bond donors (Lipinski definition) is 1. The van der Waals surface area contributed by atoms with E-state index in [4.69, 9.17) is 5.11 Å². The lowest BCUT2D eigenvalue weighted by Crippen LogP contribution is -2.51. The molecule has 0 spiro atoms. The number of carbonyl (C=O) groups is 1. The molecule has 1 atom stereocenters. The molecule has 1 rings (SSSR count). The first-order valence-electron chi connectivity index (χ1n) is 5.79. The number of amides is 1. The van der Waals surface area contributed by atoms with Gasteiger partial charge in [-0.15, -0.1) is 0 Å². The summed E-state index contributed by atoms with van der Waals surface area (Å²) in [5.74, 6) is 0.0436. The van der Waals surface area contributed by atoms with Crippen LogP contribution in [-0.4, -0.2) is 53.2 Å². The molecule has 88 valence electrons. The van der Waals surface area contributed by atoms with E-state index in [0.717, 1.165) is 13.1 Å². The Bertz CT molecular complexity index is 203. The Hall–Kier alpha value is -0.610. The van der Waals surface area contributed by atoms with Gasteiger partial charge in [-0.05, 0) is 19.8 Å². The van der Waals surface area contributed by atoms with Gasteiger partial charge >= 0.3 is 0 Å². The number of aliphatic hydroxyl groups is 1. The maximum atomic E-state index is 11.4. The monoisotopic (exact) mass is 214 g/mol. The molecule has 0 radical (unpaired) electrons. The molecule has 1 saturated heterocycles. The highest BCUT2D eigenvalue weighted by molar-refractivity contribution is 5.73. The largest absolute Gasteiger partial charge is 0.395 e. The van der Waals surface area contributed by atoms with Crippen LogP contribution in [-0.2, 0) is 4.79 Å². The average Bonchev–Trinajstić information content (AvgIpc) is 2.26. The standard InChI is InChI=1S/C11H22N2O2/c1-10(12-6-4-3-5-7-12)13(8-9-14)11(2)15/h10,14H,3-9H2,1-2H3. The minimum absolute atomic E-state index is 0.0394. The molecule has 1 amide bonds. The minimum atomic E-state index is 0.0394. The van der Waals surface area contributed by atoms with Gasteiger partial charge in [-0.2, -0.15) is 0 Å². The third-order valence-electron chi connectivity index (χ3n) is 3.12. The molecule has 1 fully saturated rings. The van der Waals surface area contributed by atoms with Gasteiger partial charge in [-0.25, -0.2) is 0 Å². The molecule has 0 aromatic carbocycles. The number of rotatable bonds is 4. The first-order valence-corrected chi connectivity index (χ1v) is 5.79. The smallest absolute Gasteiger partial charge is 0.220 e.